The Morgan fingerprint density at radius 3 is 2.13 bits per heavy atom. The molecule has 0 aromatic rings. The number of hydrogen-bond donors (Lipinski definition) is 0. The monoisotopic (exact) mass is 329 g/mol. The van der Waals surface area contributed by atoms with Gasteiger partial charge in [0.1, 0.15) is 10.7 Å². The molecule has 0 aromatic heterocycles. The molecule has 0 spiro atoms. The lowest BCUT2D eigenvalue weighted by Crippen LogP contribution is -2.41. The molecule has 0 amide bonds. The highest BCUT2D eigenvalue weighted by atomic mass is 35.5. The summed E-state index contributed by atoms with van der Waals surface area (Å²) in [5.41, 5.74) is 0. The van der Waals surface area contributed by atoms with E-state index in [4.69, 9.17) is 69.6 Å². The first-order valence-electron chi connectivity index (χ1n) is 3.67. The van der Waals surface area contributed by atoms with Crippen LogP contribution in [0, 0.1) is 0 Å². The zero-order valence-corrected chi connectivity index (χ0v) is 11.5. The summed E-state index contributed by atoms with van der Waals surface area (Å²) in [7, 11) is 0. The molecule has 0 aliphatic carbocycles. The van der Waals surface area contributed by atoms with E-state index in [1.807, 2.05) is 0 Å². The first-order chi connectivity index (χ1) is 6.93. The molecular formula is C6H5Cl6N3. The van der Waals surface area contributed by atoms with Crippen LogP contribution in [0.25, 0.3) is 0 Å². The number of halogens is 6. The van der Waals surface area contributed by atoms with Crippen LogP contribution in [0.2, 0.25) is 0 Å². The normalized spacial score (nSPS) is 21.8. The summed E-state index contributed by atoms with van der Waals surface area (Å²) < 4.78 is 0. The molecule has 0 bridgehead atoms. The third-order valence-corrected chi connectivity index (χ3v) is 2.77. The zero-order valence-electron chi connectivity index (χ0n) is 7.00. The molecule has 1 aliphatic heterocycles. The Morgan fingerprint density at radius 1 is 1.13 bits per heavy atom. The van der Waals surface area contributed by atoms with Crippen LogP contribution in [0.4, 0.5) is 0 Å². The minimum Gasteiger partial charge on any atom is -0.288 e. The van der Waals surface area contributed by atoms with Crippen LogP contribution in [0.3, 0.4) is 0 Å². The summed E-state index contributed by atoms with van der Waals surface area (Å²) in [4.78, 5) is 6.74. The standard InChI is InChI=1S/C6H5Cl6N3/c7-2(8)4-13-1-15(6(11)12)5(14-4)3(9)10/h1-4,6H. The van der Waals surface area contributed by atoms with Crippen molar-refractivity contribution in [2.75, 3.05) is 0 Å². The summed E-state index contributed by atoms with van der Waals surface area (Å²) in [5.74, 6) is 0.264. The van der Waals surface area contributed by atoms with Gasteiger partial charge in [-0.15, -0.1) is 23.2 Å². The second-order valence-electron chi connectivity index (χ2n) is 2.49. The summed E-state index contributed by atoms with van der Waals surface area (Å²) in [6.07, 6.45) is 0.708. The number of aliphatic imine (C=N–C) groups is 2. The van der Waals surface area contributed by atoms with Crippen molar-refractivity contribution in [3.05, 3.63) is 0 Å². The van der Waals surface area contributed by atoms with Crippen molar-refractivity contribution in [2.24, 2.45) is 9.98 Å². The van der Waals surface area contributed by atoms with Gasteiger partial charge >= 0.3 is 0 Å². The summed E-state index contributed by atoms with van der Waals surface area (Å²) in [6, 6.07) is 0. The van der Waals surface area contributed by atoms with Gasteiger partial charge in [-0.25, -0.2) is 9.98 Å². The SMILES string of the molecule is ClC(Cl)C1=NC(C(Cl)Cl)N=CN1C(Cl)Cl. The van der Waals surface area contributed by atoms with E-state index in [1.165, 1.54) is 11.2 Å². The van der Waals surface area contributed by atoms with Crippen molar-refractivity contribution in [3.8, 4) is 0 Å². The van der Waals surface area contributed by atoms with Crippen LogP contribution in [-0.2, 0) is 0 Å². The van der Waals surface area contributed by atoms with Gasteiger partial charge in [-0.05, 0) is 0 Å². The van der Waals surface area contributed by atoms with Gasteiger partial charge in [0, 0.05) is 0 Å². The van der Waals surface area contributed by atoms with Crippen LogP contribution in [0.1, 0.15) is 0 Å². The van der Waals surface area contributed by atoms with Crippen LogP contribution < -0.4 is 0 Å². The smallest absolute Gasteiger partial charge is 0.185 e. The fourth-order valence-corrected chi connectivity index (χ4v) is 1.76. The average molecular weight is 332 g/mol. The molecule has 0 saturated heterocycles. The fraction of sp³-hybridized carbons (Fsp3) is 0.667. The number of nitrogens with zero attached hydrogens (tertiary/aromatic N) is 3. The Labute approximate surface area is 117 Å². The van der Waals surface area contributed by atoms with Crippen molar-refractivity contribution in [1.82, 2.24) is 4.90 Å². The van der Waals surface area contributed by atoms with Crippen molar-refractivity contribution < 1.29 is 0 Å². The number of hydrogen-bond acceptors (Lipinski definition) is 3. The third kappa shape index (κ3) is 3.69. The van der Waals surface area contributed by atoms with Crippen molar-refractivity contribution in [2.45, 2.75) is 20.8 Å². The first-order valence-corrected chi connectivity index (χ1v) is 6.29. The molecule has 0 aromatic carbocycles. The highest BCUT2D eigenvalue weighted by Gasteiger charge is 2.28. The van der Waals surface area contributed by atoms with Gasteiger partial charge in [-0.3, -0.25) is 4.90 Å². The summed E-state index contributed by atoms with van der Waals surface area (Å²) in [5, 5.41) is 0. The van der Waals surface area contributed by atoms with Crippen molar-refractivity contribution in [1.29, 1.82) is 0 Å². The van der Waals surface area contributed by atoms with E-state index in [2.05, 4.69) is 9.98 Å². The van der Waals surface area contributed by atoms with E-state index in [-0.39, 0.29) is 5.84 Å². The Bertz CT molecular complexity index is 276. The fourth-order valence-electron chi connectivity index (χ4n) is 0.876. The third-order valence-electron chi connectivity index (χ3n) is 1.50. The maximum Gasteiger partial charge on any atom is 0.185 e. The van der Waals surface area contributed by atoms with Crippen LogP contribution in [0.5, 0.6) is 0 Å². The Hall–Kier alpha value is 0.880. The largest absolute Gasteiger partial charge is 0.288 e. The molecule has 1 atom stereocenters. The quantitative estimate of drug-likeness (QED) is 0.575. The summed E-state index contributed by atoms with van der Waals surface area (Å²) >= 11 is 34.0. The predicted octanol–water partition coefficient (Wildman–Crippen LogP) is 3.42. The molecule has 1 rings (SSSR count). The first kappa shape index (κ1) is 13.9. The van der Waals surface area contributed by atoms with E-state index < -0.39 is 20.8 Å². The molecule has 1 unspecified atom stereocenters. The molecule has 0 radical (unpaired) electrons. The lowest BCUT2D eigenvalue weighted by molar-refractivity contribution is 0.618. The van der Waals surface area contributed by atoms with Crippen LogP contribution in [0.15, 0.2) is 9.98 Å². The number of rotatable bonds is 3. The van der Waals surface area contributed by atoms with Gasteiger partial charge in [0.15, 0.2) is 16.0 Å². The van der Waals surface area contributed by atoms with Crippen molar-refractivity contribution >= 4 is 81.8 Å². The van der Waals surface area contributed by atoms with Gasteiger partial charge in [-0.2, -0.15) is 0 Å². The maximum absolute atomic E-state index is 5.69. The van der Waals surface area contributed by atoms with Gasteiger partial charge in [0.25, 0.3) is 0 Å². The molecular weight excluding hydrogens is 327 g/mol. The molecule has 15 heavy (non-hydrogen) atoms. The molecule has 0 fully saturated rings. The number of amidine groups is 1. The van der Waals surface area contributed by atoms with Gasteiger partial charge in [-0.1, -0.05) is 46.4 Å². The second-order valence-corrected chi connectivity index (χ2v) is 5.80. The minimum atomic E-state index is -0.883. The second kappa shape index (κ2) is 5.99. The van der Waals surface area contributed by atoms with E-state index in [0.717, 1.165) is 0 Å². The topological polar surface area (TPSA) is 28.0 Å². The Morgan fingerprint density at radius 2 is 1.73 bits per heavy atom. The van der Waals surface area contributed by atoms with Crippen molar-refractivity contribution in [3.63, 3.8) is 0 Å². The predicted molar refractivity (Wildman–Crippen MR) is 68.0 cm³/mol. The molecule has 3 nitrogen and oxygen atoms in total. The lowest BCUT2D eigenvalue weighted by Gasteiger charge is -2.28. The molecule has 86 valence electrons. The molecule has 0 saturated carbocycles. The Balaban J connectivity index is 2.90. The van der Waals surface area contributed by atoms with E-state index in [9.17, 15) is 0 Å². The molecule has 1 heterocycles. The Kier molecular flexibility index (Phi) is 5.57. The highest BCUT2D eigenvalue weighted by Crippen LogP contribution is 2.23. The van der Waals surface area contributed by atoms with E-state index >= 15 is 0 Å². The van der Waals surface area contributed by atoms with Gasteiger partial charge in [0.2, 0.25) is 0 Å². The van der Waals surface area contributed by atoms with E-state index in [1.54, 1.807) is 0 Å². The van der Waals surface area contributed by atoms with Gasteiger partial charge < -0.3 is 0 Å². The summed E-state index contributed by atoms with van der Waals surface area (Å²) in [6.45, 7) is 0. The maximum atomic E-state index is 5.69. The molecule has 0 N–H and O–H groups in total. The average Bonchev–Trinajstić information content (AvgIpc) is 2.16. The lowest BCUT2D eigenvalue weighted by atomic mass is 10.5. The van der Waals surface area contributed by atoms with Crippen LogP contribution >= 0.6 is 69.6 Å². The van der Waals surface area contributed by atoms with Gasteiger partial charge in [0.05, 0.1) is 6.34 Å². The molecule has 9 heteroatoms. The number of alkyl halides is 6. The molecule has 1 aliphatic rings. The van der Waals surface area contributed by atoms with E-state index in [0.29, 0.717) is 0 Å². The zero-order chi connectivity index (χ0) is 11.6. The van der Waals surface area contributed by atoms with Crippen LogP contribution in [-0.4, -0.2) is 37.9 Å². The highest BCUT2D eigenvalue weighted by molar-refractivity contribution is 6.55. The minimum absolute atomic E-state index is 0.264.